The largest absolute Gasteiger partial charge is 0.361 e. The zero-order valence-corrected chi connectivity index (χ0v) is 15.6. The van der Waals surface area contributed by atoms with Gasteiger partial charge in [0.1, 0.15) is 5.76 Å². The van der Waals surface area contributed by atoms with Crippen molar-refractivity contribution >= 4 is 23.2 Å². The highest BCUT2D eigenvalue weighted by molar-refractivity contribution is 7.13. The van der Waals surface area contributed by atoms with E-state index in [4.69, 9.17) is 4.52 Å². The van der Waals surface area contributed by atoms with Gasteiger partial charge >= 0.3 is 0 Å². The number of thiophene rings is 1. The minimum atomic E-state index is -0.0466. The second-order valence-electron chi connectivity index (χ2n) is 6.53. The molecule has 0 saturated carbocycles. The number of carbonyl (C=O) groups is 2. The zero-order chi connectivity index (χ0) is 18.0. The maximum absolute atomic E-state index is 12.4. The number of nitrogens with one attached hydrogen (secondary N) is 1. The third-order valence-corrected chi connectivity index (χ3v) is 5.64. The normalized spacial score (nSPS) is 18.3. The lowest BCUT2D eigenvalue weighted by Gasteiger charge is -2.21. The fourth-order valence-electron chi connectivity index (χ4n) is 3.08. The highest BCUT2D eigenvalue weighted by Gasteiger charge is 2.25. The van der Waals surface area contributed by atoms with E-state index in [0.717, 1.165) is 33.2 Å². The van der Waals surface area contributed by atoms with Crippen LogP contribution in [0.25, 0.3) is 0 Å². The van der Waals surface area contributed by atoms with Crippen molar-refractivity contribution in [2.75, 3.05) is 6.54 Å². The molecule has 1 N–H and O–H groups in total. The number of likely N-dealkylation sites (tertiary alicyclic amines) is 1. The number of nitrogens with zero attached hydrogens (tertiary/aromatic N) is 2. The highest BCUT2D eigenvalue weighted by atomic mass is 32.1. The summed E-state index contributed by atoms with van der Waals surface area (Å²) in [5.41, 5.74) is 1.80. The zero-order valence-electron chi connectivity index (χ0n) is 14.8. The SMILES string of the molecule is Cc1ccc(C(=O)NC2CCC(=O)N(Cc3c(C)noc3C)CC2)s1. The Morgan fingerprint density at radius 3 is 2.80 bits per heavy atom. The van der Waals surface area contributed by atoms with Crippen LogP contribution in [0.3, 0.4) is 0 Å². The Kier molecular flexibility index (Phi) is 5.22. The second kappa shape index (κ2) is 7.39. The Bertz CT molecular complexity index is 761. The van der Waals surface area contributed by atoms with E-state index in [0.29, 0.717) is 25.9 Å². The topological polar surface area (TPSA) is 75.4 Å². The third-order valence-electron chi connectivity index (χ3n) is 4.64. The molecule has 2 amide bonds. The smallest absolute Gasteiger partial charge is 0.261 e. The molecule has 3 heterocycles. The fraction of sp³-hybridized carbons (Fsp3) is 0.500. The van der Waals surface area contributed by atoms with Gasteiger partial charge in [0.05, 0.1) is 17.1 Å². The minimum absolute atomic E-state index is 0.0218. The lowest BCUT2D eigenvalue weighted by atomic mass is 10.1. The van der Waals surface area contributed by atoms with E-state index in [1.807, 2.05) is 37.8 Å². The molecular formula is C18H23N3O3S. The molecule has 6 nitrogen and oxygen atoms in total. The molecule has 1 unspecified atom stereocenters. The van der Waals surface area contributed by atoms with Gasteiger partial charge in [-0.3, -0.25) is 9.59 Å². The predicted molar refractivity (Wildman–Crippen MR) is 95.6 cm³/mol. The lowest BCUT2D eigenvalue weighted by Crippen LogP contribution is -2.35. The number of hydrogen-bond donors (Lipinski definition) is 1. The molecule has 1 aliphatic rings. The van der Waals surface area contributed by atoms with Crippen LogP contribution in [-0.4, -0.2) is 34.5 Å². The van der Waals surface area contributed by atoms with Crippen molar-refractivity contribution < 1.29 is 14.1 Å². The minimum Gasteiger partial charge on any atom is -0.361 e. The first-order valence-electron chi connectivity index (χ1n) is 8.51. The summed E-state index contributed by atoms with van der Waals surface area (Å²) in [7, 11) is 0. The van der Waals surface area contributed by atoms with E-state index in [1.165, 1.54) is 11.3 Å². The van der Waals surface area contributed by atoms with Crippen molar-refractivity contribution in [3.63, 3.8) is 0 Å². The van der Waals surface area contributed by atoms with Crippen LogP contribution in [0.15, 0.2) is 16.7 Å². The van der Waals surface area contributed by atoms with Gasteiger partial charge in [-0.1, -0.05) is 5.16 Å². The Balaban J connectivity index is 1.61. The van der Waals surface area contributed by atoms with E-state index in [-0.39, 0.29) is 17.9 Å². The Morgan fingerprint density at radius 1 is 1.36 bits per heavy atom. The summed E-state index contributed by atoms with van der Waals surface area (Å²) in [5.74, 6) is 0.825. The van der Waals surface area contributed by atoms with Crippen molar-refractivity contribution in [3.8, 4) is 0 Å². The van der Waals surface area contributed by atoms with Gasteiger partial charge in [0.15, 0.2) is 0 Å². The Hall–Kier alpha value is -2.15. The third kappa shape index (κ3) is 4.10. The summed E-state index contributed by atoms with van der Waals surface area (Å²) in [4.78, 5) is 28.4. The van der Waals surface area contributed by atoms with Crippen LogP contribution in [0, 0.1) is 20.8 Å². The average molecular weight is 361 g/mol. The summed E-state index contributed by atoms with van der Waals surface area (Å²) in [5, 5.41) is 7.02. The van der Waals surface area contributed by atoms with Crippen molar-refractivity contribution in [3.05, 3.63) is 38.9 Å². The van der Waals surface area contributed by atoms with Crippen LogP contribution in [0.5, 0.6) is 0 Å². The van der Waals surface area contributed by atoms with Crippen molar-refractivity contribution in [1.82, 2.24) is 15.4 Å². The van der Waals surface area contributed by atoms with Gasteiger partial charge in [0.2, 0.25) is 5.91 Å². The molecule has 2 aromatic rings. The molecule has 0 spiro atoms. The highest BCUT2D eigenvalue weighted by Crippen LogP contribution is 2.20. The molecule has 3 rings (SSSR count). The first kappa shape index (κ1) is 17.7. The van der Waals surface area contributed by atoms with Crippen molar-refractivity contribution in [2.24, 2.45) is 0 Å². The molecule has 7 heteroatoms. The van der Waals surface area contributed by atoms with Gasteiger partial charge in [-0.2, -0.15) is 0 Å². The summed E-state index contributed by atoms with van der Waals surface area (Å²) in [6, 6.07) is 3.82. The van der Waals surface area contributed by atoms with Gasteiger partial charge in [0, 0.05) is 29.4 Å². The molecule has 2 aromatic heterocycles. The molecule has 1 fully saturated rings. The molecule has 0 radical (unpaired) electrons. The summed E-state index contributed by atoms with van der Waals surface area (Å²) in [6.45, 7) is 6.88. The van der Waals surface area contributed by atoms with Gasteiger partial charge in [-0.05, 0) is 45.7 Å². The van der Waals surface area contributed by atoms with E-state index in [1.54, 1.807) is 0 Å². The molecule has 1 saturated heterocycles. The van der Waals surface area contributed by atoms with Crippen LogP contribution in [-0.2, 0) is 11.3 Å². The monoisotopic (exact) mass is 361 g/mol. The molecule has 1 atom stereocenters. The average Bonchev–Trinajstić information content (AvgIpc) is 3.10. The predicted octanol–water partition coefficient (Wildman–Crippen LogP) is 2.97. The summed E-state index contributed by atoms with van der Waals surface area (Å²) >= 11 is 1.49. The van der Waals surface area contributed by atoms with Gasteiger partial charge in [-0.15, -0.1) is 11.3 Å². The van der Waals surface area contributed by atoms with Gasteiger partial charge < -0.3 is 14.7 Å². The number of hydrogen-bond acceptors (Lipinski definition) is 5. The molecule has 0 aromatic carbocycles. The standard InChI is InChI=1S/C18H23N3O3S/c1-11-4-6-16(25-11)18(23)19-14-5-7-17(22)21(9-8-14)10-15-12(2)20-24-13(15)3/h4,6,14H,5,7-10H2,1-3H3,(H,19,23). The Morgan fingerprint density at radius 2 is 2.16 bits per heavy atom. The van der Waals surface area contributed by atoms with Crippen LogP contribution in [0.4, 0.5) is 0 Å². The van der Waals surface area contributed by atoms with Crippen molar-refractivity contribution in [2.45, 2.75) is 52.6 Å². The summed E-state index contributed by atoms with van der Waals surface area (Å²) < 4.78 is 5.18. The van der Waals surface area contributed by atoms with Crippen LogP contribution in [0.1, 0.15) is 50.8 Å². The second-order valence-corrected chi connectivity index (χ2v) is 7.81. The molecule has 0 aliphatic carbocycles. The van der Waals surface area contributed by atoms with E-state index in [2.05, 4.69) is 10.5 Å². The van der Waals surface area contributed by atoms with Gasteiger partial charge in [-0.25, -0.2) is 0 Å². The van der Waals surface area contributed by atoms with Crippen molar-refractivity contribution in [1.29, 1.82) is 0 Å². The fourth-order valence-corrected chi connectivity index (χ4v) is 3.85. The number of aryl methyl sites for hydroxylation is 3. The van der Waals surface area contributed by atoms with Gasteiger partial charge in [0.25, 0.3) is 5.91 Å². The van der Waals surface area contributed by atoms with E-state index >= 15 is 0 Å². The maximum atomic E-state index is 12.4. The molecule has 0 bridgehead atoms. The molecule has 25 heavy (non-hydrogen) atoms. The first-order valence-corrected chi connectivity index (χ1v) is 9.32. The number of aromatic nitrogens is 1. The lowest BCUT2D eigenvalue weighted by molar-refractivity contribution is -0.131. The molecule has 134 valence electrons. The van der Waals surface area contributed by atoms with E-state index in [9.17, 15) is 9.59 Å². The maximum Gasteiger partial charge on any atom is 0.261 e. The summed E-state index contributed by atoms with van der Waals surface area (Å²) in [6.07, 6.45) is 1.87. The van der Waals surface area contributed by atoms with Crippen LogP contribution >= 0.6 is 11.3 Å². The van der Waals surface area contributed by atoms with Crippen LogP contribution < -0.4 is 5.32 Å². The first-order chi connectivity index (χ1) is 11.9. The number of rotatable bonds is 4. The Labute approximate surface area is 151 Å². The van der Waals surface area contributed by atoms with E-state index < -0.39 is 0 Å². The quantitative estimate of drug-likeness (QED) is 0.908. The molecular weight excluding hydrogens is 338 g/mol. The van der Waals surface area contributed by atoms with Crippen LogP contribution in [0.2, 0.25) is 0 Å². The number of amides is 2. The number of carbonyl (C=O) groups excluding carboxylic acids is 2. The molecule has 1 aliphatic heterocycles.